The molecule has 0 aliphatic heterocycles. The van der Waals surface area contributed by atoms with Gasteiger partial charge in [-0.1, -0.05) is 31.2 Å². The van der Waals surface area contributed by atoms with E-state index in [9.17, 15) is 0 Å². The van der Waals surface area contributed by atoms with Gasteiger partial charge in [0.25, 0.3) is 0 Å². The van der Waals surface area contributed by atoms with Crippen LogP contribution in [0.15, 0.2) is 36.9 Å². The number of methoxy groups -OCH3 is 1. The van der Waals surface area contributed by atoms with Crippen molar-refractivity contribution in [3.63, 3.8) is 0 Å². The third kappa shape index (κ3) is 4.16. The minimum atomic E-state index is 0.482. The molecule has 0 heterocycles. The summed E-state index contributed by atoms with van der Waals surface area (Å²) in [5.41, 5.74) is 2.29. The van der Waals surface area contributed by atoms with Crippen molar-refractivity contribution >= 4 is 5.57 Å². The minimum absolute atomic E-state index is 0.482. The zero-order chi connectivity index (χ0) is 14.3. The van der Waals surface area contributed by atoms with Crippen LogP contribution in [0.5, 0.6) is 11.5 Å². The first-order valence-corrected chi connectivity index (χ1v) is 6.73. The smallest absolute Gasteiger partial charge is 0.168 e. The van der Waals surface area contributed by atoms with Crippen LogP contribution < -0.4 is 9.47 Å². The van der Waals surface area contributed by atoms with E-state index in [1.807, 2.05) is 25.1 Å². The molecule has 0 bridgehead atoms. The molecule has 0 N–H and O–H groups in total. The number of rotatable bonds is 7. The summed E-state index contributed by atoms with van der Waals surface area (Å²) >= 11 is 0. The van der Waals surface area contributed by atoms with E-state index >= 15 is 0 Å². The quantitative estimate of drug-likeness (QED) is 0.661. The monoisotopic (exact) mass is 260 g/mol. The lowest BCUT2D eigenvalue weighted by Gasteiger charge is -2.14. The molecule has 19 heavy (non-hydrogen) atoms. The van der Waals surface area contributed by atoms with Crippen LogP contribution in [-0.4, -0.2) is 13.7 Å². The molecule has 1 unspecified atom stereocenters. The molecule has 0 radical (unpaired) electrons. The molecular formula is C17H24O2. The van der Waals surface area contributed by atoms with Crippen molar-refractivity contribution in [1.29, 1.82) is 0 Å². The van der Waals surface area contributed by atoms with Crippen LogP contribution in [0.3, 0.4) is 0 Å². The molecule has 1 aromatic rings. The first-order chi connectivity index (χ1) is 9.13. The SMILES string of the molecule is C=CC(C)C/C=C(\C)c1cccc(OCC)c1OC. The summed E-state index contributed by atoms with van der Waals surface area (Å²) < 4.78 is 11.1. The van der Waals surface area contributed by atoms with Gasteiger partial charge in [0.2, 0.25) is 0 Å². The molecule has 1 aromatic carbocycles. The van der Waals surface area contributed by atoms with Crippen molar-refractivity contribution in [1.82, 2.24) is 0 Å². The molecule has 0 spiro atoms. The Bertz CT molecular complexity index is 447. The van der Waals surface area contributed by atoms with Gasteiger partial charge in [0.1, 0.15) is 0 Å². The Kier molecular flexibility index (Phi) is 6.20. The molecule has 2 nitrogen and oxygen atoms in total. The van der Waals surface area contributed by atoms with Crippen LogP contribution in [0, 0.1) is 5.92 Å². The first kappa shape index (κ1) is 15.4. The number of allylic oxidation sites excluding steroid dienone is 3. The summed E-state index contributed by atoms with van der Waals surface area (Å²) in [7, 11) is 1.68. The van der Waals surface area contributed by atoms with Gasteiger partial charge in [0, 0.05) is 5.56 Å². The second kappa shape index (κ2) is 7.67. The number of hydrogen-bond donors (Lipinski definition) is 0. The maximum absolute atomic E-state index is 5.60. The Morgan fingerprint density at radius 1 is 1.42 bits per heavy atom. The summed E-state index contributed by atoms with van der Waals surface area (Å²) in [4.78, 5) is 0. The second-order valence-electron chi connectivity index (χ2n) is 4.61. The van der Waals surface area contributed by atoms with Gasteiger partial charge in [-0.05, 0) is 37.8 Å². The molecule has 0 aliphatic rings. The maximum atomic E-state index is 5.60. The van der Waals surface area contributed by atoms with E-state index in [1.165, 1.54) is 5.57 Å². The van der Waals surface area contributed by atoms with Gasteiger partial charge in [0.05, 0.1) is 13.7 Å². The lowest BCUT2D eigenvalue weighted by atomic mass is 10.0. The van der Waals surface area contributed by atoms with Gasteiger partial charge in [-0.15, -0.1) is 6.58 Å². The number of para-hydroxylation sites is 1. The van der Waals surface area contributed by atoms with E-state index in [4.69, 9.17) is 9.47 Å². The first-order valence-electron chi connectivity index (χ1n) is 6.73. The van der Waals surface area contributed by atoms with Gasteiger partial charge in [-0.2, -0.15) is 0 Å². The van der Waals surface area contributed by atoms with Crippen LogP contribution in [0.1, 0.15) is 32.8 Å². The lowest BCUT2D eigenvalue weighted by molar-refractivity contribution is 0.310. The fraction of sp³-hybridized carbons (Fsp3) is 0.412. The third-order valence-corrected chi connectivity index (χ3v) is 3.11. The zero-order valence-corrected chi connectivity index (χ0v) is 12.4. The van der Waals surface area contributed by atoms with Crippen molar-refractivity contribution in [2.45, 2.75) is 27.2 Å². The molecule has 0 saturated heterocycles. The molecule has 104 valence electrons. The molecule has 0 aliphatic carbocycles. The van der Waals surface area contributed by atoms with Crippen LogP contribution >= 0.6 is 0 Å². The van der Waals surface area contributed by atoms with E-state index in [0.29, 0.717) is 12.5 Å². The van der Waals surface area contributed by atoms with Crippen LogP contribution in [0.4, 0.5) is 0 Å². The average molecular weight is 260 g/mol. The highest BCUT2D eigenvalue weighted by Gasteiger charge is 2.11. The van der Waals surface area contributed by atoms with Crippen molar-refractivity contribution in [2.75, 3.05) is 13.7 Å². The summed E-state index contributed by atoms with van der Waals surface area (Å²) in [5.74, 6) is 2.09. The zero-order valence-electron chi connectivity index (χ0n) is 12.4. The second-order valence-corrected chi connectivity index (χ2v) is 4.61. The highest BCUT2D eigenvalue weighted by atomic mass is 16.5. The molecule has 2 heteroatoms. The van der Waals surface area contributed by atoms with E-state index in [1.54, 1.807) is 7.11 Å². The van der Waals surface area contributed by atoms with Gasteiger partial charge < -0.3 is 9.47 Å². The molecule has 0 saturated carbocycles. The van der Waals surface area contributed by atoms with Crippen LogP contribution in [0.25, 0.3) is 5.57 Å². The predicted molar refractivity (Wildman–Crippen MR) is 81.8 cm³/mol. The van der Waals surface area contributed by atoms with E-state index in [2.05, 4.69) is 32.6 Å². The van der Waals surface area contributed by atoms with Gasteiger partial charge >= 0.3 is 0 Å². The number of ether oxygens (including phenoxy) is 2. The Morgan fingerprint density at radius 3 is 2.74 bits per heavy atom. The number of hydrogen-bond acceptors (Lipinski definition) is 2. The molecule has 1 atom stereocenters. The predicted octanol–water partition coefficient (Wildman–Crippen LogP) is 4.71. The van der Waals surface area contributed by atoms with Crippen LogP contribution in [0.2, 0.25) is 0 Å². The Labute approximate surface area is 116 Å². The van der Waals surface area contributed by atoms with Crippen molar-refractivity contribution in [3.8, 4) is 11.5 Å². The Hall–Kier alpha value is -1.70. The normalized spacial score (nSPS) is 12.9. The van der Waals surface area contributed by atoms with Crippen molar-refractivity contribution in [2.24, 2.45) is 5.92 Å². The fourth-order valence-electron chi connectivity index (χ4n) is 1.87. The van der Waals surface area contributed by atoms with Crippen molar-refractivity contribution in [3.05, 3.63) is 42.5 Å². The standard InChI is InChI=1S/C17H24O2/c1-6-13(3)11-12-14(4)15-9-8-10-16(19-7-2)17(15)18-5/h6,8-10,12-13H,1,7,11H2,2-5H3/b14-12+. The Morgan fingerprint density at radius 2 is 2.16 bits per heavy atom. The van der Waals surface area contributed by atoms with E-state index in [-0.39, 0.29) is 0 Å². The molecule has 1 rings (SSSR count). The topological polar surface area (TPSA) is 18.5 Å². The lowest BCUT2D eigenvalue weighted by Crippen LogP contribution is -1.98. The van der Waals surface area contributed by atoms with Gasteiger partial charge in [-0.3, -0.25) is 0 Å². The highest BCUT2D eigenvalue weighted by molar-refractivity contribution is 5.71. The Balaban J connectivity index is 3.04. The molecule has 0 amide bonds. The molecule has 0 aromatic heterocycles. The average Bonchev–Trinajstić information content (AvgIpc) is 2.44. The van der Waals surface area contributed by atoms with Gasteiger partial charge in [0.15, 0.2) is 11.5 Å². The summed E-state index contributed by atoms with van der Waals surface area (Å²) in [6.45, 7) is 10.7. The van der Waals surface area contributed by atoms with Gasteiger partial charge in [-0.25, -0.2) is 0 Å². The molecular weight excluding hydrogens is 236 g/mol. The highest BCUT2D eigenvalue weighted by Crippen LogP contribution is 2.35. The largest absolute Gasteiger partial charge is 0.492 e. The summed E-state index contributed by atoms with van der Waals surface area (Å²) in [6, 6.07) is 5.99. The molecule has 0 fully saturated rings. The number of benzene rings is 1. The summed E-state index contributed by atoms with van der Waals surface area (Å²) in [5, 5.41) is 0. The van der Waals surface area contributed by atoms with Crippen LogP contribution in [-0.2, 0) is 0 Å². The van der Waals surface area contributed by atoms with Crippen molar-refractivity contribution < 1.29 is 9.47 Å². The summed E-state index contributed by atoms with van der Waals surface area (Å²) in [6.07, 6.45) is 5.18. The minimum Gasteiger partial charge on any atom is -0.492 e. The third-order valence-electron chi connectivity index (χ3n) is 3.11. The maximum Gasteiger partial charge on any atom is 0.168 e. The van der Waals surface area contributed by atoms with E-state index in [0.717, 1.165) is 23.5 Å². The fourth-order valence-corrected chi connectivity index (χ4v) is 1.87. The van der Waals surface area contributed by atoms with E-state index < -0.39 is 0 Å².